The topological polar surface area (TPSA) is 92.7 Å². The summed E-state index contributed by atoms with van der Waals surface area (Å²) in [5, 5.41) is 10.7. The Balaban J connectivity index is 1.80. The van der Waals surface area contributed by atoms with E-state index in [-0.39, 0.29) is 12.4 Å². The zero-order chi connectivity index (χ0) is 17.7. The summed E-state index contributed by atoms with van der Waals surface area (Å²) in [7, 11) is 1.28. The molecule has 3 saturated heterocycles. The molecule has 0 aliphatic carbocycles. The van der Waals surface area contributed by atoms with Crippen LogP contribution in [0.15, 0.2) is 11.8 Å². The quantitative estimate of drug-likeness (QED) is 0.584. The number of carbonyl (C=O) groups is 1. The molecule has 5 atom stereocenters. The Morgan fingerprint density at radius 1 is 1.25 bits per heavy atom. The highest BCUT2D eigenvalue weighted by Crippen LogP contribution is 2.42. The molecule has 3 heterocycles. The van der Waals surface area contributed by atoms with Gasteiger partial charge in [0.25, 0.3) is 0 Å². The van der Waals surface area contributed by atoms with Crippen LogP contribution in [0.1, 0.15) is 27.7 Å². The van der Waals surface area contributed by atoms with Crippen LogP contribution >= 0.6 is 0 Å². The molecule has 0 aromatic carbocycles. The molecule has 3 rings (SSSR count). The molecule has 8 heteroatoms. The van der Waals surface area contributed by atoms with Crippen LogP contribution in [0.25, 0.3) is 0 Å². The number of aliphatic hydroxyl groups excluding tert-OH is 1. The smallest absolute Gasteiger partial charge is 0.333 e. The second kappa shape index (κ2) is 5.96. The number of carbonyl (C=O) groups excluding carboxylic acids is 1. The number of esters is 1. The third kappa shape index (κ3) is 3.29. The van der Waals surface area contributed by atoms with Crippen LogP contribution < -0.4 is 0 Å². The van der Waals surface area contributed by atoms with Crippen LogP contribution in [0.5, 0.6) is 0 Å². The van der Waals surface area contributed by atoms with Crippen LogP contribution in [-0.4, -0.2) is 66.9 Å². The van der Waals surface area contributed by atoms with Gasteiger partial charge >= 0.3 is 5.97 Å². The van der Waals surface area contributed by atoms with Crippen molar-refractivity contribution < 1.29 is 38.3 Å². The number of hydrogen-bond acceptors (Lipinski definition) is 8. The van der Waals surface area contributed by atoms with E-state index >= 15 is 0 Å². The van der Waals surface area contributed by atoms with Gasteiger partial charge in [-0.3, -0.25) is 0 Å². The summed E-state index contributed by atoms with van der Waals surface area (Å²) >= 11 is 0. The molecule has 0 spiro atoms. The summed E-state index contributed by atoms with van der Waals surface area (Å²) < 4.78 is 33.3. The van der Waals surface area contributed by atoms with Gasteiger partial charge in [0.15, 0.2) is 17.7 Å². The number of ether oxygens (including phenoxy) is 6. The van der Waals surface area contributed by atoms with Crippen molar-refractivity contribution in [3.8, 4) is 0 Å². The van der Waals surface area contributed by atoms with E-state index in [2.05, 4.69) is 4.74 Å². The fourth-order valence-corrected chi connectivity index (χ4v) is 3.19. The molecule has 3 aliphatic rings. The number of aliphatic hydroxyl groups is 1. The summed E-state index contributed by atoms with van der Waals surface area (Å²) in [6, 6.07) is 0. The van der Waals surface area contributed by atoms with Crippen molar-refractivity contribution in [3.63, 3.8) is 0 Å². The largest absolute Gasteiger partial charge is 0.486 e. The highest BCUT2D eigenvalue weighted by molar-refractivity contribution is 5.82. The highest BCUT2D eigenvalue weighted by atomic mass is 16.8. The molecule has 24 heavy (non-hydrogen) atoms. The lowest BCUT2D eigenvalue weighted by atomic mass is 10.0. The SMILES string of the molecule is COC(=O)/C=C1/O[C@@H]([C@H](O)[C@H]2COC(C)(C)O2)[C@H]2OC(C)(C)O[C@@H]12. The van der Waals surface area contributed by atoms with Crippen LogP contribution in [-0.2, 0) is 33.2 Å². The standard InChI is InChI=1S/C16H24O8/c1-15(2)20-7-9(22-15)11(18)13-14-12(23-16(3,4)24-14)8(21-13)6-10(17)19-5/h6,9,11-14,18H,7H2,1-5H3/b8-6+/t9-,11-,12+,13+,14+/m1/s1. The molecule has 136 valence electrons. The van der Waals surface area contributed by atoms with Gasteiger partial charge in [-0.25, -0.2) is 4.79 Å². The van der Waals surface area contributed by atoms with Gasteiger partial charge in [0.2, 0.25) is 0 Å². The number of hydrogen-bond donors (Lipinski definition) is 1. The fourth-order valence-electron chi connectivity index (χ4n) is 3.19. The first-order valence-electron chi connectivity index (χ1n) is 7.93. The van der Waals surface area contributed by atoms with E-state index in [1.165, 1.54) is 13.2 Å². The number of fused-ring (bicyclic) bond motifs is 1. The maximum Gasteiger partial charge on any atom is 0.333 e. The molecule has 8 nitrogen and oxygen atoms in total. The average molecular weight is 344 g/mol. The van der Waals surface area contributed by atoms with Crippen molar-refractivity contribution in [2.75, 3.05) is 13.7 Å². The minimum Gasteiger partial charge on any atom is -0.486 e. The molecule has 1 N–H and O–H groups in total. The third-order valence-corrected chi connectivity index (χ3v) is 4.21. The van der Waals surface area contributed by atoms with Crippen LogP contribution in [0.2, 0.25) is 0 Å². The van der Waals surface area contributed by atoms with Gasteiger partial charge in [-0.15, -0.1) is 0 Å². The normalized spacial score (nSPS) is 39.5. The predicted molar refractivity (Wildman–Crippen MR) is 79.7 cm³/mol. The lowest BCUT2D eigenvalue weighted by Gasteiger charge is -2.28. The van der Waals surface area contributed by atoms with Gasteiger partial charge in [-0.05, 0) is 27.7 Å². The Hall–Kier alpha value is -1.19. The van der Waals surface area contributed by atoms with Crippen LogP contribution in [0.4, 0.5) is 0 Å². The van der Waals surface area contributed by atoms with E-state index in [9.17, 15) is 9.90 Å². The Bertz CT molecular complexity index is 540. The maximum atomic E-state index is 11.6. The first kappa shape index (κ1) is 17.6. The maximum absolute atomic E-state index is 11.6. The average Bonchev–Trinajstić information content (AvgIpc) is 3.10. The van der Waals surface area contributed by atoms with Crippen LogP contribution in [0.3, 0.4) is 0 Å². The Kier molecular flexibility index (Phi) is 4.38. The fraction of sp³-hybridized carbons (Fsp3) is 0.812. The lowest BCUT2D eigenvalue weighted by Crippen LogP contribution is -2.46. The lowest BCUT2D eigenvalue weighted by molar-refractivity contribution is -0.191. The molecular weight excluding hydrogens is 320 g/mol. The molecule has 0 bridgehead atoms. The van der Waals surface area contributed by atoms with Crippen molar-refractivity contribution in [2.45, 2.75) is 69.8 Å². The molecule has 3 aliphatic heterocycles. The van der Waals surface area contributed by atoms with Gasteiger partial charge < -0.3 is 33.5 Å². The van der Waals surface area contributed by atoms with Crippen molar-refractivity contribution in [1.29, 1.82) is 0 Å². The van der Waals surface area contributed by atoms with Crippen molar-refractivity contribution >= 4 is 5.97 Å². The molecule has 0 amide bonds. The summed E-state index contributed by atoms with van der Waals surface area (Å²) in [4.78, 5) is 11.6. The van der Waals surface area contributed by atoms with Crippen LogP contribution in [0, 0.1) is 0 Å². The number of methoxy groups -OCH3 is 1. The molecule has 0 unspecified atom stereocenters. The molecule has 0 radical (unpaired) electrons. The second-order valence-electron chi connectivity index (χ2n) is 7.03. The third-order valence-electron chi connectivity index (χ3n) is 4.21. The minimum absolute atomic E-state index is 0.242. The van der Waals surface area contributed by atoms with Crippen molar-refractivity contribution in [3.05, 3.63) is 11.8 Å². The highest BCUT2D eigenvalue weighted by Gasteiger charge is 2.57. The molecular formula is C16H24O8. The number of rotatable bonds is 3. The van der Waals surface area contributed by atoms with E-state index in [0.29, 0.717) is 0 Å². The van der Waals surface area contributed by atoms with E-state index in [0.717, 1.165) is 0 Å². The van der Waals surface area contributed by atoms with Gasteiger partial charge in [-0.1, -0.05) is 0 Å². The molecule has 0 aromatic heterocycles. The summed E-state index contributed by atoms with van der Waals surface area (Å²) in [6.45, 7) is 7.33. The Morgan fingerprint density at radius 3 is 2.54 bits per heavy atom. The summed E-state index contributed by atoms with van der Waals surface area (Å²) in [5.41, 5.74) is 0. The van der Waals surface area contributed by atoms with Gasteiger partial charge in [-0.2, -0.15) is 0 Å². The van der Waals surface area contributed by atoms with Gasteiger partial charge in [0.1, 0.15) is 30.2 Å². The minimum atomic E-state index is -1.000. The molecule has 0 saturated carbocycles. The Labute approximate surface area is 140 Å². The van der Waals surface area contributed by atoms with E-state index in [1.54, 1.807) is 27.7 Å². The molecule has 0 aromatic rings. The zero-order valence-corrected chi connectivity index (χ0v) is 14.5. The second-order valence-corrected chi connectivity index (χ2v) is 7.03. The monoisotopic (exact) mass is 344 g/mol. The summed E-state index contributed by atoms with van der Waals surface area (Å²) in [6.07, 6.45) is -2.23. The Morgan fingerprint density at radius 2 is 1.96 bits per heavy atom. The predicted octanol–water partition coefficient (Wildman–Crippen LogP) is 0.475. The van der Waals surface area contributed by atoms with Gasteiger partial charge in [0.05, 0.1) is 19.8 Å². The summed E-state index contributed by atoms with van der Waals surface area (Å²) in [5.74, 6) is -1.90. The van der Waals surface area contributed by atoms with E-state index < -0.39 is 48.1 Å². The van der Waals surface area contributed by atoms with E-state index in [1.807, 2.05) is 0 Å². The van der Waals surface area contributed by atoms with Crippen molar-refractivity contribution in [2.24, 2.45) is 0 Å². The zero-order valence-electron chi connectivity index (χ0n) is 14.5. The first-order chi connectivity index (χ1) is 11.1. The van der Waals surface area contributed by atoms with Crippen molar-refractivity contribution in [1.82, 2.24) is 0 Å². The van der Waals surface area contributed by atoms with E-state index in [4.69, 9.17) is 23.7 Å². The first-order valence-corrected chi connectivity index (χ1v) is 7.93. The molecule has 3 fully saturated rings. The van der Waals surface area contributed by atoms with Gasteiger partial charge in [0, 0.05) is 0 Å².